The van der Waals surface area contributed by atoms with Gasteiger partial charge in [-0.25, -0.2) is 4.79 Å². The second-order valence-corrected chi connectivity index (χ2v) is 4.79. The monoisotopic (exact) mass is 282 g/mol. The molecule has 1 N–H and O–H groups in total. The fourth-order valence-corrected chi connectivity index (χ4v) is 2.48. The van der Waals surface area contributed by atoms with Crippen LogP contribution in [0.4, 0.5) is 0 Å². The van der Waals surface area contributed by atoms with Gasteiger partial charge in [-0.15, -0.1) is 0 Å². The summed E-state index contributed by atoms with van der Waals surface area (Å²) in [4.78, 5) is 23.0. The van der Waals surface area contributed by atoms with Crippen LogP contribution in [-0.2, 0) is 13.1 Å². The van der Waals surface area contributed by atoms with E-state index in [1.807, 2.05) is 22.9 Å². The predicted octanol–water partition coefficient (Wildman–Crippen LogP) is 2.20. The van der Waals surface area contributed by atoms with E-state index in [-0.39, 0.29) is 11.1 Å². The van der Waals surface area contributed by atoms with Crippen molar-refractivity contribution in [3.8, 4) is 0 Å². The minimum Gasteiger partial charge on any atom is -0.478 e. The molecule has 0 radical (unpaired) electrons. The number of fused-ring (bicyclic) bond motifs is 1. The van der Waals surface area contributed by atoms with Gasteiger partial charge in [0.2, 0.25) is 0 Å². The zero-order valence-corrected chi connectivity index (χ0v) is 11.3. The maximum Gasteiger partial charge on any atom is 0.337 e. The molecule has 5 heteroatoms. The zero-order valence-electron chi connectivity index (χ0n) is 11.3. The normalized spacial score (nSPS) is 10.9. The quantitative estimate of drug-likeness (QED) is 0.798. The molecule has 5 nitrogen and oxygen atoms in total. The van der Waals surface area contributed by atoms with E-state index in [1.165, 1.54) is 6.07 Å². The van der Waals surface area contributed by atoms with Gasteiger partial charge < -0.3 is 14.2 Å². The molecule has 0 bridgehead atoms. The maximum absolute atomic E-state index is 11.7. The van der Waals surface area contributed by atoms with Crippen molar-refractivity contribution in [3.05, 3.63) is 70.8 Å². The number of rotatable bonds is 4. The predicted molar refractivity (Wildman–Crippen MR) is 79.6 cm³/mol. The number of carboxylic acids is 1. The first kappa shape index (κ1) is 13.2. The highest BCUT2D eigenvalue weighted by Crippen LogP contribution is 2.20. The Morgan fingerprint density at radius 2 is 1.76 bits per heavy atom. The van der Waals surface area contributed by atoms with Crippen LogP contribution in [0.3, 0.4) is 0 Å². The van der Waals surface area contributed by atoms with Crippen molar-refractivity contribution in [1.29, 1.82) is 0 Å². The Bertz CT molecular complexity index is 861. The van der Waals surface area contributed by atoms with Crippen LogP contribution in [0.2, 0.25) is 0 Å². The fourth-order valence-electron chi connectivity index (χ4n) is 2.48. The van der Waals surface area contributed by atoms with E-state index in [1.54, 1.807) is 35.0 Å². The molecular weight excluding hydrogens is 268 g/mol. The average Bonchev–Trinajstić information content (AvgIpc) is 2.89. The Balaban J connectivity index is 1.96. The number of para-hydroxylation sites is 1. The summed E-state index contributed by atoms with van der Waals surface area (Å²) in [5.41, 5.74) is 0.902. The number of hydrogen-bond acceptors (Lipinski definition) is 2. The fraction of sp³-hybridized carbons (Fsp3) is 0.125. The Hall–Kier alpha value is -2.82. The van der Waals surface area contributed by atoms with Crippen LogP contribution < -0.4 is 5.56 Å². The molecule has 106 valence electrons. The number of nitrogens with zero attached hydrogens (tertiary/aromatic N) is 2. The Morgan fingerprint density at radius 3 is 2.52 bits per heavy atom. The van der Waals surface area contributed by atoms with Crippen molar-refractivity contribution in [2.24, 2.45) is 0 Å². The minimum absolute atomic E-state index is 0.0626. The van der Waals surface area contributed by atoms with Crippen LogP contribution in [-0.4, -0.2) is 20.2 Å². The van der Waals surface area contributed by atoms with E-state index < -0.39 is 5.97 Å². The van der Waals surface area contributed by atoms with Crippen molar-refractivity contribution in [2.75, 3.05) is 0 Å². The molecule has 0 fully saturated rings. The molecule has 3 aromatic rings. The van der Waals surface area contributed by atoms with Gasteiger partial charge in [-0.3, -0.25) is 4.79 Å². The van der Waals surface area contributed by atoms with Crippen LogP contribution >= 0.6 is 0 Å². The smallest absolute Gasteiger partial charge is 0.337 e. The molecule has 0 aliphatic carbocycles. The second-order valence-electron chi connectivity index (χ2n) is 4.79. The third kappa shape index (κ3) is 2.45. The van der Waals surface area contributed by atoms with E-state index in [9.17, 15) is 14.7 Å². The van der Waals surface area contributed by atoms with E-state index >= 15 is 0 Å². The molecule has 2 aromatic heterocycles. The van der Waals surface area contributed by atoms with E-state index in [2.05, 4.69) is 0 Å². The van der Waals surface area contributed by atoms with Crippen molar-refractivity contribution >= 4 is 16.9 Å². The number of benzene rings is 1. The Morgan fingerprint density at radius 1 is 0.952 bits per heavy atom. The standard InChI is InChI=1S/C16H14N2O3/c19-14-6-1-2-8-17(14)10-11-18-9-7-12-4-3-5-13(15(12)18)16(20)21/h1-9H,10-11H2,(H,20,21). The molecule has 0 aliphatic rings. The summed E-state index contributed by atoms with van der Waals surface area (Å²) in [5, 5.41) is 10.2. The van der Waals surface area contributed by atoms with Gasteiger partial charge in [0, 0.05) is 36.9 Å². The van der Waals surface area contributed by atoms with Crippen LogP contribution in [0.5, 0.6) is 0 Å². The number of hydrogen-bond donors (Lipinski definition) is 1. The molecule has 0 unspecified atom stereocenters. The number of carboxylic acid groups (broad SMARTS) is 1. The lowest BCUT2D eigenvalue weighted by Crippen LogP contribution is -2.20. The third-order valence-electron chi connectivity index (χ3n) is 3.50. The maximum atomic E-state index is 11.7. The molecule has 0 saturated heterocycles. The number of carbonyl (C=O) groups is 1. The molecule has 3 rings (SSSR count). The van der Waals surface area contributed by atoms with Crippen LogP contribution in [0.25, 0.3) is 10.9 Å². The van der Waals surface area contributed by atoms with Gasteiger partial charge in [0.15, 0.2) is 0 Å². The van der Waals surface area contributed by atoms with Gasteiger partial charge in [0.1, 0.15) is 0 Å². The first-order chi connectivity index (χ1) is 10.2. The van der Waals surface area contributed by atoms with Gasteiger partial charge in [0.25, 0.3) is 5.56 Å². The molecule has 2 heterocycles. The number of pyridine rings is 1. The van der Waals surface area contributed by atoms with Crippen molar-refractivity contribution in [2.45, 2.75) is 13.1 Å². The summed E-state index contributed by atoms with van der Waals surface area (Å²) >= 11 is 0. The number of aromatic nitrogens is 2. The van der Waals surface area contributed by atoms with E-state index in [0.29, 0.717) is 18.6 Å². The first-order valence-corrected chi connectivity index (χ1v) is 6.63. The largest absolute Gasteiger partial charge is 0.478 e. The highest BCUT2D eigenvalue weighted by molar-refractivity contribution is 6.02. The summed E-state index contributed by atoms with van der Waals surface area (Å²) in [6, 6.07) is 12.1. The summed E-state index contributed by atoms with van der Waals surface area (Å²) < 4.78 is 3.48. The summed E-state index contributed by atoms with van der Waals surface area (Å²) in [6.45, 7) is 1.04. The van der Waals surface area contributed by atoms with E-state index in [0.717, 1.165) is 5.39 Å². The van der Waals surface area contributed by atoms with Gasteiger partial charge in [-0.2, -0.15) is 0 Å². The van der Waals surface area contributed by atoms with Crippen LogP contribution in [0.1, 0.15) is 10.4 Å². The van der Waals surface area contributed by atoms with Gasteiger partial charge in [0.05, 0.1) is 11.1 Å². The van der Waals surface area contributed by atoms with Gasteiger partial charge in [-0.05, 0) is 18.2 Å². The SMILES string of the molecule is O=C(O)c1cccc2ccn(CCn3ccccc3=O)c12. The zero-order chi connectivity index (χ0) is 14.8. The molecule has 0 saturated carbocycles. The van der Waals surface area contributed by atoms with Crippen molar-refractivity contribution < 1.29 is 9.90 Å². The highest BCUT2D eigenvalue weighted by atomic mass is 16.4. The first-order valence-electron chi connectivity index (χ1n) is 6.63. The lowest BCUT2D eigenvalue weighted by molar-refractivity contribution is 0.0698. The average molecular weight is 282 g/mol. The molecule has 0 atom stereocenters. The van der Waals surface area contributed by atoms with Gasteiger partial charge in [-0.1, -0.05) is 18.2 Å². The lowest BCUT2D eigenvalue weighted by Gasteiger charge is -2.09. The van der Waals surface area contributed by atoms with Gasteiger partial charge >= 0.3 is 5.97 Å². The summed E-state index contributed by atoms with van der Waals surface area (Å²) in [6.07, 6.45) is 3.58. The molecule has 0 aliphatic heterocycles. The molecular formula is C16H14N2O3. The Kier molecular flexibility index (Phi) is 3.31. The third-order valence-corrected chi connectivity index (χ3v) is 3.50. The van der Waals surface area contributed by atoms with Crippen molar-refractivity contribution in [3.63, 3.8) is 0 Å². The highest BCUT2D eigenvalue weighted by Gasteiger charge is 2.11. The Labute approximate surface area is 120 Å². The van der Waals surface area contributed by atoms with E-state index in [4.69, 9.17) is 0 Å². The summed E-state index contributed by atoms with van der Waals surface area (Å²) in [7, 11) is 0. The summed E-state index contributed by atoms with van der Waals surface area (Å²) in [5.74, 6) is -0.947. The topological polar surface area (TPSA) is 64.2 Å². The van der Waals surface area contributed by atoms with Crippen LogP contribution in [0, 0.1) is 0 Å². The van der Waals surface area contributed by atoms with Crippen molar-refractivity contribution in [1.82, 2.24) is 9.13 Å². The molecule has 0 amide bonds. The number of aryl methyl sites for hydroxylation is 2. The number of aromatic carboxylic acids is 1. The minimum atomic E-state index is -0.947. The molecule has 1 aromatic carbocycles. The van der Waals surface area contributed by atoms with Crippen LogP contribution in [0.15, 0.2) is 59.7 Å². The molecule has 0 spiro atoms. The second kappa shape index (κ2) is 5.28. The molecule has 21 heavy (non-hydrogen) atoms. The lowest BCUT2D eigenvalue weighted by atomic mass is 10.1.